The van der Waals surface area contributed by atoms with Crippen LogP contribution in [-0.4, -0.2) is 32.6 Å². The number of amides is 1. The molecule has 6 nitrogen and oxygen atoms in total. The van der Waals surface area contributed by atoms with E-state index in [2.05, 4.69) is 34.6 Å². The number of fused-ring (bicyclic) bond motifs is 2. The quantitative estimate of drug-likeness (QED) is 0.818. The summed E-state index contributed by atoms with van der Waals surface area (Å²) < 4.78 is 1.36. The van der Waals surface area contributed by atoms with Crippen LogP contribution in [0.2, 0.25) is 0 Å². The predicted octanol–water partition coefficient (Wildman–Crippen LogP) is 2.06. The van der Waals surface area contributed by atoms with Gasteiger partial charge in [0.05, 0.1) is 12.5 Å². The number of carbonyl (C=O) groups excluding carboxylic acids is 1. The van der Waals surface area contributed by atoms with Crippen LogP contribution in [0.1, 0.15) is 28.4 Å². The molecule has 0 aliphatic heterocycles. The number of allylic oxidation sites excluding steroid dienone is 1. The molecule has 2 bridgehead atoms. The monoisotopic (exact) mass is 337 g/mol. The summed E-state index contributed by atoms with van der Waals surface area (Å²) in [7, 11) is 0. The number of benzene rings is 1. The second-order valence-electron chi connectivity index (χ2n) is 6.69. The van der Waals surface area contributed by atoms with Crippen molar-refractivity contribution in [3.05, 3.63) is 66.3 Å². The van der Waals surface area contributed by atoms with Crippen molar-refractivity contribution in [3.8, 4) is 0 Å². The fourth-order valence-electron chi connectivity index (χ4n) is 4.16. The highest BCUT2D eigenvalue weighted by Crippen LogP contribution is 2.48. The number of nitrogens with one attached hydrogen (secondary N) is 1. The van der Waals surface area contributed by atoms with Crippen molar-refractivity contribution in [1.29, 1.82) is 0 Å². The average Bonchev–Trinajstić information content (AvgIpc) is 3.31. The van der Waals surface area contributed by atoms with Crippen molar-refractivity contribution in [3.63, 3.8) is 0 Å². The summed E-state index contributed by atoms with van der Waals surface area (Å²) in [5.41, 5.74) is 1.25. The van der Waals surface area contributed by atoms with Crippen LogP contribution in [0.5, 0.6) is 0 Å². The third-order valence-electron chi connectivity index (χ3n) is 5.22. The number of hydrogen-bond acceptors (Lipinski definition) is 3. The van der Waals surface area contributed by atoms with Crippen LogP contribution in [0, 0.1) is 11.8 Å². The van der Waals surface area contributed by atoms with Gasteiger partial charge in [-0.3, -0.25) is 4.79 Å². The Kier molecular flexibility index (Phi) is 3.87. The standard InChI is InChI=1S/C19H19N3O3/c23-16(10-22-11-20-9-15(22)19(24)25)21-18-14-7-6-13(8-14)17(18)12-4-2-1-3-5-12/h1-7,9,11,13-14,17-18H,8,10H2,(H,21,23)(H,24,25)/t13-,14+,17+,18+/m1/s1. The zero-order valence-corrected chi connectivity index (χ0v) is 13.6. The van der Waals surface area contributed by atoms with Crippen LogP contribution in [0.15, 0.2) is 55.0 Å². The van der Waals surface area contributed by atoms with E-state index in [1.54, 1.807) is 0 Å². The molecule has 0 unspecified atom stereocenters. The summed E-state index contributed by atoms with van der Waals surface area (Å²) in [5, 5.41) is 12.3. The normalized spacial score (nSPS) is 26.7. The van der Waals surface area contributed by atoms with Crippen LogP contribution in [-0.2, 0) is 11.3 Å². The molecule has 25 heavy (non-hydrogen) atoms. The number of aromatic nitrogens is 2. The number of imidazole rings is 1. The van der Waals surface area contributed by atoms with Gasteiger partial charge in [-0.2, -0.15) is 0 Å². The summed E-state index contributed by atoms with van der Waals surface area (Å²) in [6.07, 6.45) is 8.12. The lowest BCUT2D eigenvalue weighted by atomic mass is 9.83. The third kappa shape index (κ3) is 2.84. The van der Waals surface area contributed by atoms with Gasteiger partial charge in [0, 0.05) is 12.0 Å². The van der Waals surface area contributed by atoms with Gasteiger partial charge in [-0.05, 0) is 23.8 Å². The van der Waals surface area contributed by atoms with Gasteiger partial charge < -0.3 is 15.0 Å². The molecule has 2 aromatic rings. The topological polar surface area (TPSA) is 84.2 Å². The molecule has 1 fully saturated rings. The maximum absolute atomic E-state index is 12.5. The maximum Gasteiger partial charge on any atom is 0.354 e. The van der Waals surface area contributed by atoms with Crippen molar-refractivity contribution >= 4 is 11.9 Å². The summed E-state index contributed by atoms with van der Waals surface area (Å²) in [6.45, 7) is -0.0409. The second-order valence-corrected chi connectivity index (χ2v) is 6.69. The lowest BCUT2D eigenvalue weighted by Gasteiger charge is -2.29. The van der Waals surface area contributed by atoms with Gasteiger partial charge in [0.2, 0.25) is 5.91 Å². The zero-order chi connectivity index (χ0) is 17.4. The highest BCUT2D eigenvalue weighted by Gasteiger charge is 2.45. The summed E-state index contributed by atoms with van der Waals surface area (Å²) in [6, 6.07) is 10.3. The van der Waals surface area contributed by atoms with Crippen LogP contribution in [0.3, 0.4) is 0 Å². The molecule has 0 spiro atoms. The van der Waals surface area contributed by atoms with Crippen LogP contribution < -0.4 is 5.32 Å². The molecule has 128 valence electrons. The molecule has 1 saturated carbocycles. The van der Waals surface area contributed by atoms with E-state index in [0.29, 0.717) is 11.8 Å². The Morgan fingerprint density at radius 2 is 1.96 bits per heavy atom. The molecule has 1 amide bonds. The molecular formula is C19H19N3O3. The first-order valence-electron chi connectivity index (χ1n) is 8.39. The number of nitrogens with zero attached hydrogens (tertiary/aromatic N) is 2. The number of carbonyl (C=O) groups is 2. The Morgan fingerprint density at radius 3 is 2.72 bits per heavy atom. The Bertz CT molecular complexity index is 827. The molecule has 2 aliphatic carbocycles. The zero-order valence-electron chi connectivity index (χ0n) is 13.6. The maximum atomic E-state index is 12.5. The van der Waals surface area contributed by atoms with E-state index < -0.39 is 5.97 Å². The van der Waals surface area contributed by atoms with Gasteiger partial charge in [0.15, 0.2) is 0 Å². The smallest absolute Gasteiger partial charge is 0.354 e. The molecular weight excluding hydrogens is 318 g/mol. The second kappa shape index (κ2) is 6.20. The third-order valence-corrected chi connectivity index (χ3v) is 5.22. The number of carboxylic acid groups (broad SMARTS) is 1. The summed E-state index contributed by atoms with van der Waals surface area (Å²) in [5.74, 6) is -0.231. The minimum Gasteiger partial charge on any atom is -0.477 e. The van der Waals surface area contributed by atoms with Crippen LogP contribution in [0.4, 0.5) is 0 Å². The van der Waals surface area contributed by atoms with E-state index in [4.69, 9.17) is 5.11 Å². The van der Waals surface area contributed by atoms with Gasteiger partial charge in [0.1, 0.15) is 12.2 Å². The first-order valence-corrected chi connectivity index (χ1v) is 8.39. The molecule has 0 saturated heterocycles. The fraction of sp³-hybridized carbons (Fsp3) is 0.316. The lowest BCUT2D eigenvalue weighted by molar-refractivity contribution is -0.122. The van der Waals surface area contributed by atoms with Gasteiger partial charge in [-0.15, -0.1) is 0 Å². The summed E-state index contributed by atoms with van der Waals surface area (Å²) >= 11 is 0. The van der Waals surface area contributed by atoms with E-state index in [1.807, 2.05) is 18.2 Å². The van der Waals surface area contributed by atoms with Crippen molar-refractivity contribution in [1.82, 2.24) is 14.9 Å². The Labute approximate surface area is 145 Å². The Morgan fingerprint density at radius 1 is 1.20 bits per heavy atom. The van der Waals surface area contributed by atoms with E-state index in [1.165, 1.54) is 22.7 Å². The molecule has 1 aromatic heterocycles. The Hall–Kier alpha value is -2.89. The molecule has 6 heteroatoms. The van der Waals surface area contributed by atoms with Crippen LogP contribution in [0.25, 0.3) is 0 Å². The summed E-state index contributed by atoms with van der Waals surface area (Å²) in [4.78, 5) is 27.5. The molecule has 4 atom stereocenters. The van der Waals surface area contributed by atoms with E-state index in [0.717, 1.165) is 6.42 Å². The largest absolute Gasteiger partial charge is 0.477 e. The molecule has 1 aromatic carbocycles. The molecule has 2 aliphatic rings. The minimum absolute atomic E-state index is 0.0163. The SMILES string of the molecule is O=C(Cn1cncc1C(=O)O)N[C@@H]1[C@@H](c2ccccc2)[C@@H]2C=C[C@H]1C2. The van der Waals surface area contributed by atoms with E-state index in [9.17, 15) is 9.59 Å². The predicted molar refractivity (Wildman–Crippen MR) is 91.0 cm³/mol. The van der Waals surface area contributed by atoms with Crippen LogP contribution >= 0.6 is 0 Å². The lowest BCUT2D eigenvalue weighted by Crippen LogP contribution is -2.43. The van der Waals surface area contributed by atoms with Gasteiger partial charge in [0.25, 0.3) is 0 Å². The average molecular weight is 337 g/mol. The van der Waals surface area contributed by atoms with Crippen molar-refractivity contribution in [2.24, 2.45) is 11.8 Å². The highest BCUT2D eigenvalue weighted by molar-refractivity contribution is 5.86. The molecule has 0 radical (unpaired) electrons. The molecule has 1 heterocycles. The first-order chi connectivity index (χ1) is 12.1. The van der Waals surface area contributed by atoms with Gasteiger partial charge in [-0.25, -0.2) is 9.78 Å². The molecule has 2 N–H and O–H groups in total. The van der Waals surface area contributed by atoms with Crippen molar-refractivity contribution < 1.29 is 14.7 Å². The van der Waals surface area contributed by atoms with Crippen molar-refractivity contribution in [2.45, 2.75) is 24.9 Å². The Balaban J connectivity index is 1.51. The van der Waals surface area contributed by atoms with Crippen molar-refractivity contribution in [2.75, 3.05) is 0 Å². The number of aromatic carboxylic acids is 1. The van der Waals surface area contributed by atoms with Gasteiger partial charge >= 0.3 is 5.97 Å². The van der Waals surface area contributed by atoms with Gasteiger partial charge in [-0.1, -0.05) is 42.5 Å². The highest BCUT2D eigenvalue weighted by atomic mass is 16.4. The first kappa shape index (κ1) is 15.6. The number of carboxylic acids is 1. The fourth-order valence-corrected chi connectivity index (χ4v) is 4.16. The van der Waals surface area contributed by atoms with E-state index >= 15 is 0 Å². The molecule has 4 rings (SSSR count). The minimum atomic E-state index is -1.09. The number of hydrogen-bond donors (Lipinski definition) is 2. The number of rotatable bonds is 5. The van der Waals surface area contributed by atoms with E-state index in [-0.39, 0.29) is 30.1 Å².